The first-order valence-corrected chi connectivity index (χ1v) is 3.11. The largest absolute Gasteiger partial charge is 0.436 e. The molecule has 1 amide bonds. The van der Waals surface area contributed by atoms with Gasteiger partial charge in [0.2, 0.25) is 0 Å². The Hall–Kier alpha value is -1.52. The lowest BCUT2D eigenvalue weighted by atomic mass is 10.6. The lowest BCUT2D eigenvalue weighted by molar-refractivity contribution is -0.135. The molecular formula is C6H8N2O3. The van der Waals surface area contributed by atoms with Crippen LogP contribution in [-0.4, -0.2) is 23.6 Å². The van der Waals surface area contributed by atoms with Crippen LogP contribution in [-0.2, 0) is 9.53 Å². The van der Waals surface area contributed by atoms with Gasteiger partial charge in [-0.25, -0.2) is 9.80 Å². The minimum atomic E-state index is -0.678. The maximum absolute atomic E-state index is 10.8. The van der Waals surface area contributed by atoms with Gasteiger partial charge in [0.1, 0.15) is 0 Å². The molecule has 5 heteroatoms. The summed E-state index contributed by atoms with van der Waals surface area (Å²) in [6.07, 6.45) is 2.66. The molecule has 1 aliphatic rings. The molecule has 0 aromatic rings. The summed E-state index contributed by atoms with van der Waals surface area (Å²) in [4.78, 5) is 21.1. The molecule has 1 N–H and O–H groups in total. The molecule has 1 heterocycles. The summed E-state index contributed by atoms with van der Waals surface area (Å²) in [5.74, 6) is -0.608. The van der Waals surface area contributed by atoms with Crippen LogP contribution in [0.4, 0.5) is 4.79 Å². The van der Waals surface area contributed by atoms with E-state index in [1.54, 1.807) is 12.3 Å². The molecule has 0 saturated carbocycles. The Balaban J connectivity index is 2.36. The third kappa shape index (κ3) is 1.96. The van der Waals surface area contributed by atoms with E-state index in [1.165, 1.54) is 11.9 Å². The predicted molar refractivity (Wildman–Crippen MR) is 36.1 cm³/mol. The molecule has 0 aromatic carbocycles. The summed E-state index contributed by atoms with van der Waals surface area (Å²) in [5.41, 5.74) is 2.59. The maximum Gasteiger partial charge on any atom is 0.436 e. The van der Waals surface area contributed by atoms with Crippen LogP contribution in [0.1, 0.15) is 6.92 Å². The van der Waals surface area contributed by atoms with Crippen LogP contribution in [0.25, 0.3) is 0 Å². The fraction of sp³-hybridized carbons (Fsp3) is 0.333. The van der Waals surface area contributed by atoms with Crippen molar-refractivity contribution in [3.8, 4) is 0 Å². The van der Waals surface area contributed by atoms with Crippen LogP contribution in [0.2, 0.25) is 0 Å². The van der Waals surface area contributed by atoms with E-state index in [0.717, 1.165) is 0 Å². The summed E-state index contributed by atoms with van der Waals surface area (Å²) in [7, 11) is 0. The predicted octanol–water partition coefficient (Wildman–Crippen LogP) is 0.00340. The van der Waals surface area contributed by atoms with Crippen molar-refractivity contribution < 1.29 is 14.3 Å². The molecule has 0 aliphatic carbocycles. The van der Waals surface area contributed by atoms with Gasteiger partial charge in [-0.1, -0.05) is 0 Å². The first-order valence-electron chi connectivity index (χ1n) is 3.11. The first kappa shape index (κ1) is 7.59. The molecular weight excluding hydrogens is 148 g/mol. The molecule has 0 radical (unpaired) electrons. The van der Waals surface area contributed by atoms with Crippen molar-refractivity contribution in [1.29, 1.82) is 0 Å². The Morgan fingerprint density at radius 1 is 1.64 bits per heavy atom. The number of hydrogen-bond donors (Lipinski definition) is 1. The van der Waals surface area contributed by atoms with E-state index in [2.05, 4.69) is 10.2 Å². The lowest BCUT2D eigenvalue weighted by Gasteiger charge is -2.13. The second-order valence-electron chi connectivity index (χ2n) is 2.00. The van der Waals surface area contributed by atoms with Gasteiger partial charge in [0.15, 0.2) is 0 Å². The summed E-state index contributed by atoms with van der Waals surface area (Å²) in [5, 5.41) is 1.18. The van der Waals surface area contributed by atoms with Gasteiger partial charge in [-0.05, 0) is 6.08 Å². The molecule has 11 heavy (non-hydrogen) atoms. The molecule has 1 rings (SSSR count). The number of ether oxygens (including phenoxy) is 1. The molecule has 0 bridgehead atoms. The van der Waals surface area contributed by atoms with E-state index in [-0.39, 0.29) is 0 Å². The minimum Gasteiger partial charge on any atom is -0.375 e. The average molecular weight is 156 g/mol. The molecule has 0 spiro atoms. The van der Waals surface area contributed by atoms with Gasteiger partial charge in [-0.3, -0.25) is 4.79 Å². The van der Waals surface area contributed by atoms with Crippen molar-refractivity contribution in [2.24, 2.45) is 0 Å². The van der Waals surface area contributed by atoms with Crippen molar-refractivity contribution in [3.05, 3.63) is 12.3 Å². The number of carbonyl (C=O) groups is 2. The van der Waals surface area contributed by atoms with Crippen molar-refractivity contribution in [2.75, 3.05) is 6.54 Å². The van der Waals surface area contributed by atoms with Gasteiger partial charge in [0.05, 0.1) is 6.54 Å². The zero-order valence-corrected chi connectivity index (χ0v) is 6.03. The van der Waals surface area contributed by atoms with Crippen LogP contribution in [0.5, 0.6) is 0 Å². The summed E-state index contributed by atoms with van der Waals surface area (Å²) < 4.78 is 4.28. The van der Waals surface area contributed by atoms with E-state index < -0.39 is 12.1 Å². The van der Waals surface area contributed by atoms with Gasteiger partial charge >= 0.3 is 12.1 Å². The zero-order valence-electron chi connectivity index (χ0n) is 6.03. The van der Waals surface area contributed by atoms with Crippen molar-refractivity contribution in [3.63, 3.8) is 0 Å². The highest BCUT2D eigenvalue weighted by Gasteiger charge is 2.16. The fourth-order valence-corrected chi connectivity index (χ4v) is 0.659. The summed E-state index contributed by atoms with van der Waals surface area (Å²) >= 11 is 0. The molecule has 1 aliphatic heterocycles. The molecule has 0 atom stereocenters. The highest BCUT2D eigenvalue weighted by Crippen LogP contribution is 1.95. The van der Waals surface area contributed by atoms with Gasteiger partial charge in [-0.2, -0.15) is 0 Å². The van der Waals surface area contributed by atoms with Gasteiger partial charge < -0.3 is 10.2 Å². The van der Waals surface area contributed by atoms with Crippen LogP contribution >= 0.6 is 0 Å². The number of hydrogen-bond acceptors (Lipinski definition) is 4. The zero-order chi connectivity index (χ0) is 8.27. The Labute approximate surface area is 63.6 Å². The van der Waals surface area contributed by atoms with E-state index in [4.69, 9.17) is 0 Å². The standard InChI is InChI=1S/C6H8N2O3/c1-5(9)11-6(10)8-4-2-3-7-8/h2-3,7H,4H2,1H3. The van der Waals surface area contributed by atoms with E-state index >= 15 is 0 Å². The quantitative estimate of drug-likeness (QED) is 0.396. The van der Waals surface area contributed by atoms with Crippen molar-refractivity contribution in [2.45, 2.75) is 6.92 Å². The highest BCUT2D eigenvalue weighted by atomic mass is 16.6. The number of amides is 1. The van der Waals surface area contributed by atoms with E-state index in [1.807, 2.05) is 0 Å². The average Bonchev–Trinajstić information content (AvgIpc) is 2.35. The number of hydrazine groups is 1. The third-order valence-electron chi connectivity index (χ3n) is 1.09. The fourth-order valence-electron chi connectivity index (χ4n) is 0.659. The van der Waals surface area contributed by atoms with Gasteiger partial charge in [0, 0.05) is 13.1 Å². The van der Waals surface area contributed by atoms with Crippen LogP contribution in [0.3, 0.4) is 0 Å². The van der Waals surface area contributed by atoms with Crippen LogP contribution in [0, 0.1) is 0 Å². The number of carbonyl (C=O) groups excluding carboxylic acids is 2. The Kier molecular flexibility index (Phi) is 2.10. The third-order valence-corrected chi connectivity index (χ3v) is 1.09. The Morgan fingerprint density at radius 3 is 2.82 bits per heavy atom. The van der Waals surface area contributed by atoms with E-state index in [0.29, 0.717) is 6.54 Å². The topological polar surface area (TPSA) is 58.6 Å². The van der Waals surface area contributed by atoms with E-state index in [9.17, 15) is 9.59 Å². The number of nitrogens with one attached hydrogen (secondary N) is 1. The van der Waals surface area contributed by atoms with Gasteiger partial charge in [-0.15, -0.1) is 0 Å². The molecule has 5 nitrogen and oxygen atoms in total. The molecule has 60 valence electrons. The number of esters is 1. The highest BCUT2D eigenvalue weighted by molar-refractivity contribution is 5.83. The monoisotopic (exact) mass is 156 g/mol. The molecule has 0 saturated heterocycles. The summed E-state index contributed by atoms with van der Waals surface area (Å²) in [6.45, 7) is 1.60. The molecule has 0 unspecified atom stereocenters. The van der Waals surface area contributed by atoms with Crippen molar-refractivity contribution in [1.82, 2.24) is 10.4 Å². The summed E-state index contributed by atoms with van der Waals surface area (Å²) in [6, 6.07) is 0. The van der Waals surface area contributed by atoms with Gasteiger partial charge in [0.25, 0.3) is 0 Å². The Bertz CT molecular complexity index is 204. The number of rotatable bonds is 0. The maximum atomic E-state index is 10.8. The van der Waals surface area contributed by atoms with Crippen LogP contribution in [0.15, 0.2) is 12.3 Å². The Morgan fingerprint density at radius 2 is 2.36 bits per heavy atom. The minimum absolute atomic E-state index is 0.423. The molecule has 0 aromatic heterocycles. The first-order chi connectivity index (χ1) is 5.20. The van der Waals surface area contributed by atoms with Crippen molar-refractivity contribution >= 4 is 12.1 Å². The normalized spacial score (nSPS) is 14.5. The van der Waals surface area contributed by atoms with Crippen LogP contribution < -0.4 is 5.43 Å². The second kappa shape index (κ2) is 3.05. The second-order valence-corrected chi connectivity index (χ2v) is 2.00. The smallest absolute Gasteiger partial charge is 0.375 e. The lowest BCUT2D eigenvalue weighted by Crippen LogP contribution is -2.37. The number of nitrogens with zero attached hydrogens (tertiary/aromatic N) is 1. The SMILES string of the molecule is CC(=O)OC(=O)N1CC=CN1. The molecule has 0 fully saturated rings.